The molecule has 30 heavy (non-hydrogen) atoms. The highest BCUT2D eigenvalue weighted by Crippen LogP contribution is 2.21. The SMILES string of the molecule is CCNC(=NCc1cccc(S(=O)(=O)N2CCCCC2)c1)NC(C)c1ccccc1. The zero-order valence-corrected chi connectivity index (χ0v) is 18.7. The fourth-order valence-corrected chi connectivity index (χ4v) is 5.17. The maximum absolute atomic E-state index is 12.9. The van der Waals surface area contributed by atoms with Crippen molar-refractivity contribution in [3.05, 3.63) is 65.7 Å². The second-order valence-corrected chi connectivity index (χ2v) is 9.52. The molecule has 1 aliphatic heterocycles. The largest absolute Gasteiger partial charge is 0.357 e. The molecule has 0 aromatic heterocycles. The molecule has 0 saturated carbocycles. The van der Waals surface area contributed by atoms with Gasteiger partial charge in [0.1, 0.15) is 0 Å². The van der Waals surface area contributed by atoms with Crippen LogP contribution in [0.15, 0.2) is 64.5 Å². The quantitative estimate of drug-likeness (QED) is 0.521. The number of nitrogens with one attached hydrogen (secondary N) is 2. The van der Waals surface area contributed by atoms with Crippen LogP contribution in [0.3, 0.4) is 0 Å². The van der Waals surface area contributed by atoms with E-state index in [2.05, 4.69) is 34.7 Å². The first-order chi connectivity index (χ1) is 14.5. The number of nitrogens with zero attached hydrogens (tertiary/aromatic N) is 2. The van der Waals surface area contributed by atoms with Crippen molar-refractivity contribution in [2.75, 3.05) is 19.6 Å². The summed E-state index contributed by atoms with van der Waals surface area (Å²) in [7, 11) is -3.43. The second-order valence-electron chi connectivity index (χ2n) is 7.58. The van der Waals surface area contributed by atoms with E-state index in [4.69, 9.17) is 0 Å². The fourth-order valence-electron chi connectivity index (χ4n) is 3.58. The van der Waals surface area contributed by atoms with Crippen LogP contribution in [-0.4, -0.2) is 38.3 Å². The first-order valence-corrected chi connectivity index (χ1v) is 12.1. The van der Waals surface area contributed by atoms with Crippen molar-refractivity contribution in [2.24, 2.45) is 4.99 Å². The van der Waals surface area contributed by atoms with Crippen LogP contribution < -0.4 is 10.6 Å². The van der Waals surface area contributed by atoms with Crippen molar-refractivity contribution in [1.29, 1.82) is 0 Å². The van der Waals surface area contributed by atoms with Gasteiger partial charge in [0.2, 0.25) is 10.0 Å². The Morgan fingerprint density at radius 2 is 1.80 bits per heavy atom. The lowest BCUT2D eigenvalue weighted by Gasteiger charge is -2.26. The van der Waals surface area contributed by atoms with Crippen molar-refractivity contribution in [1.82, 2.24) is 14.9 Å². The van der Waals surface area contributed by atoms with Crippen LogP contribution in [-0.2, 0) is 16.6 Å². The molecule has 3 rings (SSSR count). The molecule has 0 spiro atoms. The summed E-state index contributed by atoms with van der Waals surface area (Å²) in [6.45, 7) is 6.48. The van der Waals surface area contributed by atoms with E-state index in [1.165, 1.54) is 5.56 Å². The normalized spacial score (nSPS) is 16.8. The zero-order valence-electron chi connectivity index (χ0n) is 17.8. The van der Waals surface area contributed by atoms with Gasteiger partial charge in [0.15, 0.2) is 5.96 Å². The second kappa shape index (κ2) is 10.6. The van der Waals surface area contributed by atoms with Gasteiger partial charge in [-0.1, -0.05) is 48.9 Å². The van der Waals surface area contributed by atoms with Crippen molar-refractivity contribution < 1.29 is 8.42 Å². The van der Waals surface area contributed by atoms with E-state index in [0.717, 1.165) is 31.4 Å². The Morgan fingerprint density at radius 3 is 2.50 bits per heavy atom. The highest BCUT2D eigenvalue weighted by Gasteiger charge is 2.25. The molecule has 162 valence electrons. The highest BCUT2D eigenvalue weighted by molar-refractivity contribution is 7.89. The summed E-state index contributed by atoms with van der Waals surface area (Å²) in [5.41, 5.74) is 2.05. The summed E-state index contributed by atoms with van der Waals surface area (Å²) in [5.74, 6) is 0.707. The number of rotatable bonds is 7. The van der Waals surface area contributed by atoms with E-state index in [9.17, 15) is 8.42 Å². The fraction of sp³-hybridized carbons (Fsp3) is 0.435. The van der Waals surface area contributed by atoms with Gasteiger partial charge >= 0.3 is 0 Å². The van der Waals surface area contributed by atoms with E-state index in [0.29, 0.717) is 30.5 Å². The van der Waals surface area contributed by atoms with Crippen molar-refractivity contribution in [3.8, 4) is 0 Å². The van der Waals surface area contributed by atoms with Gasteiger partial charge in [-0.15, -0.1) is 0 Å². The molecule has 2 aromatic carbocycles. The molecule has 2 N–H and O–H groups in total. The highest BCUT2D eigenvalue weighted by atomic mass is 32.2. The molecule has 1 atom stereocenters. The van der Waals surface area contributed by atoms with Gasteiger partial charge in [-0.05, 0) is 49.9 Å². The number of hydrogen-bond donors (Lipinski definition) is 2. The van der Waals surface area contributed by atoms with E-state index in [-0.39, 0.29) is 6.04 Å². The molecule has 0 amide bonds. The number of benzene rings is 2. The third kappa shape index (κ3) is 5.83. The minimum absolute atomic E-state index is 0.106. The predicted molar refractivity (Wildman–Crippen MR) is 122 cm³/mol. The third-order valence-corrected chi connectivity index (χ3v) is 7.16. The molecular formula is C23H32N4O2S. The van der Waals surface area contributed by atoms with Crippen LogP contribution in [0, 0.1) is 0 Å². The van der Waals surface area contributed by atoms with Gasteiger partial charge in [0.25, 0.3) is 0 Å². The minimum atomic E-state index is -3.43. The lowest BCUT2D eigenvalue weighted by Crippen LogP contribution is -2.38. The van der Waals surface area contributed by atoms with E-state index >= 15 is 0 Å². The molecular weight excluding hydrogens is 396 g/mol. The first kappa shape index (κ1) is 22.3. The van der Waals surface area contributed by atoms with Gasteiger partial charge in [0, 0.05) is 19.6 Å². The van der Waals surface area contributed by atoms with Crippen molar-refractivity contribution in [2.45, 2.75) is 50.6 Å². The Balaban J connectivity index is 1.72. The van der Waals surface area contributed by atoms with Crippen molar-refractivity contribution in [3.63, 3.8) is 0 Å². The van der Waals surface area contributed by atoms with Crippen LogP contribution in [0.25, 0.3) is 0 Å². The number of piperidine rings is 1. The summed E-state index contributed by atoms with van der Waals surface area (Å²) in [6, 6.07) is 17.5. The Labute approximate surface area is 180 Å². The lowest BCUT2D eigenvalue weighted by molar-refractivity contribution is 0.346. The lowest BCUT2D eigenvalue weighted by atomic mass is 10.1. The van der Waals surface area contributed by atoms with E-state index in [1.807, 2.05) is 31.2 Å². The van der Waals surface area contributed by atoms with Crippen LogP contribution in [0.2, 0.25) is 0 Å². The molecule has 1 heterocycles. The van der Waals surface area contributed by atoms with Crippen LogP contribution in [0.1, 0.15) is 50.3 Å². The molecule has 2 aromatic rings. The maximum atomic E-state index is 12.9. The van der Waals surface area contributed by atoms with Crippen molar-refractivity contribution >= 4 is 16.0 Å². The molecule has 1 aliphatic rings. The first-order valence-electron chi connectivity index (χ1n) is 10.7. The number of hydrogen-bond acceptors (Lipinski definition) is 3. The minimum Gasteiger partial charge on any atom is -0.357 e. The molecule has 7 heteroatoms. The van der Waals surface area contributed by atoms with Gasteiger partial charge in [-0.25, -0.2) is 13.4 Å². The molecule has 1 fully saturated rings. The Morgan fingerprint density at radius 1 is 1.07 bits per heavy atom. The Hall–Kier alpha value is -2.38. The van der Waals surface area contributed by atoms with Crippen LogP contribution >= 0.6 is 0 Å². The van der Waals surface area contributed by atoms with E-state index in [1.54, 1.807) is 22.5 Å². The molecule has 1 unspecified atom stereocenters. The number of aliphatic imine (C=N–C) groups is 1. The summed E-state index contributed by atoms with van der Waals surface area (Å²) in [4.78, 5) is 5.03. The van der Waals surface area contributed by atoms with Crippen LogP contribution in [0.4, 0.5) is 0 Å². The number of guanidine groups is 1. The molecule has 0 aliphatic carbocycles. The molecule has 6 nitrogen and oxygen atoms in total. The summed E-state index contributed by atoms with van der Waals surface area (Å²) in [6.07, 6.45) is 2.96. The standard InChI is InChI=1S/C23H32N4O2S/c1-3-24-23(26-19(2)21-12-6-4-7-13-21)25-18-20-11-10-14-22(17-20)30(28,29)27-15-8-5-9-16-27/h4,6-7,10-14,17,19H,3,5,8-9,15-16,18H2,1-2H3,(H2,24,25,26). The summed E-state index contributed by atoms with van der Waals surface area (Å²) >= 11 is 0. The Bertz CT molecular complexity index is 939. The van der Waals surface area contributed by atoms with Crippen LogP contribution in [0.5, 0.6) is 0 Å². The monoisotopic (exact) mass is 428 g/mol. The molecule has 1 saturated heterocycles. The average molecular weight is 429 g/mol. The van der Waals surface area contributed by atoms with Gasteiger partial charge in [-0.3, -0.25) is 0 Å². The Kier molecular flexibility index (Phi) is 7.87. The summed E-state index contributed by atoms with van der Waals surface area (Å²) in [5, 5.41) is 6.68. The topological polar surface area (TPSA) is 73.8 Å². The predicted octanol–water partition coefficient (Wildman–Crippen LogP) is 3.68. The molecule has 0 bridgehead atoms. The summed E-state index contributed by atoms with van der Waals surface area (Å²) < 4.78 is 27.5. The van der Waals surface area contributed by atoms with Gasteiger partial charge < -0.3 is 10.6 Å². The van der Waals surface area contributed by atoms with Gasteiger partial charge in [0.05, 0.1) is 17.5 Å². The smallest absolute Gasteiger partial charge is 0.243 e. The third-order valence-electron chi connectivity index (χ3n) is 5.27. The zero-order chi connectivity index (χ0) is 21.4. The number of sulfonamides is 1. The molecule has 0 radical (unpaired) electrons. The van der Waals surface area contributed by atoms with Gasteiger partial charge in [-0.2, -0.15) is 4.31 Å². The maximum Gasteiger partial charge on any atom is 0.243 e. The van der Waals surface area contributed by atoms with E-state index < -0.39 is 10.0 Å². The average Bonchev–Trinajstić information content (AvgIpc) is 2.79.